The van der Waals surface area contributed by atoms with E-state index in [0.29, 0.717) is 0 Å². The van der Waals surface area contributed by atoms with E-state index in [-0.39, 0.29) is 0 Å². The Morgan fingerprint density at radius 2 is 2.07 bits per heavy atom. The first-order valence-electron chi connectivity index (χ1n) is 5.23. The number of hydrogen-bond acceptors (Lipinski definition) is 3. The molecular weight excluding hydrogens is 204 g/mol. The van der Waals surface area contributed by atoms with Crippen LogP contribution < -0.4 is 5.73 Å². The first-order valence-corrected chi connectivity index (χ1v) is 6.22. The molecule has 1 aromatic rings. The second kappa shape index (κ2) is 6.03. The lowest BCUT2D eigenvalue weighted by Crippen LogP contribution is -2.13. The standard InChI is InChI=1S/C12H20N2S/c1-10-9-11(13)5-6-12(10)15-8-4-7-14(2)3/h5-6,9H,4,7-8,13H2,1-3H3. The third-order valence-electron chi connectivity index (χ3n) is 2.21. The van der Waals surface area contributed by atoms with Gasteiger partial charge < -0.3 is 10.6 Å². The molecule has 84 valence electrons. The lowest BCUT2D eigenvalue weighted by atomic mass is 10.2. The topological polar surface area (TPSA) is 29.3 Å². The largest absolute Gasteiger partial charge is 0.399 e. The Hall–Kier alpha value is -0.670. The van der Waals surface area contributed by atoms with Gasteiger partial charge in [-0.2, -0.15) is 0 Å². The zero-order chi connectivity index (χ0) is 11.3. The summed E-state index contributed by atoms with van der Waals surface area (Å²) in [6.45, 7) is 3.27. The summed E-state index contributed by atoms with van der Waals surface area (Å²) in [7, 11) is 4.22. The lowest BCUT2D eigenvalue weighted by molar-refractivity contribution is 0.410. The van der Waals surface area contributed by atoms with Gasteiger partial charge in [-0.15, -0.1) is 11.8 Å². The minimum atomic E-state index is 0.852. The summed E-state index contributed by atoms with van der Waals surface area (Å²) in [6.07, 6.45) is 1.22. The number of thioether (sulfide) groups is 1. The number of nitrogens with two attached hydrogens (primary N) is 1. The number of hydrogen-bond donors (Lipinski definition) is 1. The van der Waals surface area contributed by atoms with Gasteiger partial charge in [0.25, 0.3) is 0 Å². The predicted octanol–water partition coefficient (Wildman–Crippen LogP) is 2.62. The molecule has 2 nitrogen and oxygen atoms in total. The molecule has 1 rings (SSSR count). The van der Waals surface area contributed by atoms with Gasteiger partial charge >= 0.3 is 0 Å². The van der Waals surface area contributed by atoms with E-state index in [1.165, 1.54) is 22.6 Å². The summed E-state index contributed by atoms with van der Waals surface area (Å²) >= 11 is 1.92. The van der Waals surface area contributed by atoms with Crippen LogP contribution in [0.15, 0.2) is 23.1 Å². The number of anilines is 1. The average molecular weight is 224 g/mol. The molecule has 0 bridgehead atoms. The van der Waals surface area contributed by atoms with Crippen molar-refractivity contribution in [3.63, 3.8) is 0 Å². The van der Waals surface area contributed by atoms with Crippen LogP contribution in [-0.2, 0) is 0 Å². The summed E-state index contributed by atoms with van der Waals surface area (Å²) in [5.41, 5.74) is 7.84. The van der Waals surface area contributed by atoms with Gasteiger partial charge in [-0.3, -0.25) is 0 Å². The molecule has 2 N–H and O–H groups in total. The highest BCUT2D eigenvalue weighted by molar-refractivity contribution is 7.99. The summed E-state index contributed by atoms with van der Waals surface area (Å²) in [5, 5.41) is 0. The van der Waals surface area contributed by atoms with Crippen LogP contribution >= 0.6 is 11.8 Å². The van der Waals surface area contributed by atoms with Gasteiger partial charge in [0.2, 0.25) is 0 Å². The molecule has 0 saturated heterocycles. The maximum atomic E-state index is 5.71. The van der Waals surface area contributed by atoms with Crippen molar-refractivity contribution in [1.82, 2.24) is 4.90 Å². The molecule has 0 heterocycles. The quantitative estimate of drug-likeness (QED) is 0.473. The minimum absolute atomic E-state index is 0.852. The highest BCUT2D eigenvalue weighted by Crippen LogP contribution is 2.24. The van der Waals surface area contributed by atoms with E-state index in [4.69, 9.17) is 5.73 Å². The minimum Gasteiger partial charge on any atom is -0.399 e. The number of benzene rings is 1. The fourth-order valence-corrected chi connectivity index (χ4v) is 2.34. The Morgan fingerprint density at radius 1 is 1.33 bits per heavy atom. The van der Waals surface area contributed by atoms with Gasteiger partial charge in [-0.05, 0) is 63.5 Å². The second-order valence-corrected chi connectivity index (χ2v) is 5.17. The second-order valence-electron chi connectivity index (χ2n) is 4.03. The fraction of sp³-hybridized carbons (Fsp3) is 0.500. The molecule has 0 unspecified atom stereocenters. The average Bonchev–Trinajstić information content (AvgIpc) is 2.14. The number of nitrogens with zero attached hydrogens (tertiary/aromatic N) is 1. The van der Waals surface area contributed by atoms with Crippen LogP contribution in [0, 0.1) is 6.92 Å². The highest BCUT2D eigenvalue weighted by Gasteiger charge is 1.99. The number of aryl methyl sites for hydroxylation is 1. The molecule has 0 saturated carbocycles. The van der Waals surface area contributed by atoms with Gasteiger partial charge in [-0.25, -0.2) is 0 Å². The number of rotatable bonds is 5. The van der Waals surface area contributed by atoms with Crippen LogP contribution in [0.4, 0.5) is 5.69 Å². The predicted molar refractivity (Wildman–Crippen MR) is 69.5 cm³/mol. The zero-order valence-electron chi connectivity index (χ0n) is 9.79. The molecule has 0 amide bonds. The van der Waals surface area contributed by atoms with E-state index in [1.807, 2.05) is 23.9 Å². The Labute approximate surface area is 96.8 Å². The van der Waals surface area contributed by atoms with Crippen molar-refractivity contribution in [1.29, 1.82) is 0 Å². The van der Waals surface area contributed by atoms with Crippen molar-refractivity contribution >= 4 is 17.4 Å². The van der Waals surface area contributed by atoms with Gasteiger partial charge in [0.05, 0.1) is 0 Å². The molecule has 0 spiro atoms. The van der Waals surface area contributed by atoms with Crippen LogP contribution in [0.3, 0.4) is 0 Å². The first kappa shape index (κ1) is 12.4. The van der Waals surface area contributed by atoms with Crippen molar-refractivity contribution in [3.05, 3.63) is 23.8 Å². The van der Waals surface area contributed by atoms with Gasteiger partial charge in [-0.1, -0.05) is 0 Å². The molecule has 0 radical (unpaired) electrons. The SMILES string of the molecule is Cc1cc(N)ccc1SCCCN(C)C. The van der Waals surface area contributed by atoms with E-state index < -0.39 is 0 Å². The van der Waals surface area contributed by atoms with E-state index in [9.17, 15) is 0 Å². The maximum Gasteiger partial charge on any atom is 0.0317 e. The Balaban J connectivity index is 2.37. The molecule has 15 heavy (non-hydrogen) atoms. The van der Waals surface area contributed by atoms with Crippen LogP contribution in [-0.4, -0.2) is 31.3 Å². The normalized spacial score (nSPS) is 10.9. The summed E-state index contributed by atoms with van der Waals surface area (Å²) in [5.74, 6) is 1.17. The smallest absolute Gasteiger partial charge is 0.0317 e. The lowest BCUT2D eigenvalue weighted by Gasteiger charge is -2.09. The van der Waals surface area contributed by atoms with E-state index in [1.54, 1.807) is 0 Å². The number of nitrogen functional groups attached to an aromatic ring is 1. The fourth-order valence-electron chi connectivity index (χ4n) is 1.40. The van der Waals surface area contributed by atoms with Crippen LogP contribution in [0.2, 0.25) is 0 Å². The first-order chi connectivity index (χ1) is 7.09. The van der Waals surface area contributed by atoms with Crippen LogP contribution in [0.25, 0.3) is 0 Å². The molecule has 3 heteroatoms. The molecule has 0 aliphatic heterocycles. The van der Waals surface area contributed by atoms with Crippen molar-refractivity contribution in [2.24, 2.45) is 0 Å². The van der Waals surface area contributed by atoms with Gasteiger partial charge in [0.15, 0.2) is 0 Å². The van der Waals surface area contributed by atoms with E-state index in [0.717, 1.165) is 12.2 Å². The third kappa shape index (κ3) is 4.58. The Morgan fingerprint density at radius 3 is 2.67 bits per heavy atom. The van der Waals surface area contributed by atoms with Gasteiger partial charge in [0, 0.05) is 10.6 Å². The monoisotopic (exact) mass is 224 g/mol. The van der Waals surface area contributed by atoms with Gasteiger partial charge in [0.1, 0.15) is 0 Å². The van der Waals surface area contributed by atoms with Crippen LogP contribution in [0.5, 0.6) is 0 Å². The van der Waals surface area contributed by atoms with Crippen LogP contribution in [0.1, 0.15) is 12.0 Å². The summed E-state index contributed by atoms with van der Waals surface area (Å²) in [6, 6.07) is 6.13. The van der Waals surface area contributed by atoms with Crippen molar-refractivity contribution in [2.45, 2.75) is 18.2 Å². The van der Waals surface area contributed by atoms with E-state index >= 15 is 0 Å². The maximum absolute atomic E-state index is 5.71. The Kier molecular flexibility index (Phi) is 4.99. The molecule has 1 aromatic carbocycles. The molecule has 0 fully saturated rings. The summed E-state index contributed by atoms with van der Waals surface area (Å²) < 4.78 is 0. The van der Waals surface area contributed by atoms with Crippen molar-refractivity contribution in [3.8, 4) is 0 Å². The Bertz CT molecular complexity index is 310. The highest BCUT2D eigenvalue weighted by atomic mass is 32.2. The van der Waals surface area contributed by atoms with E-state index in [2.05, 4.69) is 32.0 Å². The summed E-state index contributed by atoms with van der Waals surface area (Å²) in [4.78, 5) is 3.57. The molecule has 0 aliphatic carbocycles. The van der Waals surface area contributed by atoms with Crippen molar-refractivity contribution in [2.75, 3.05) is 32.1 Å². The molecule has 0 aliphatic rings. The van der Waals surface area contributed by atoms with Crippen molar-refractivity contribution < 1.29 is 0 Å². The third-order valence-corrected chi connectivity index (χ3v) is 3.47. The zero-order valence-corrected chi connectivity index (χ0v) is 10.6. The molecule has 0 aromatic heterocycles. The molecular formula is C12H20N2S. The molecule has 0 atom stereocenters.